The van der Waals surface area contributed by atoms with Gasteiger partial charge in [-0.1, -0.05) is 5.92 Å². The van der Waals surface area contributed by atoms with Crippen LogP contribution in [-0.4, -0.2) is 12.5 Å². The second-order valence-corrected chi connectivity index (χ2v) is 4.45. The van der Waals surface area contributed by atoms with Crippen molar-refractivity contribution in [1.82, 2.24) is 5.32 Å². The van der Waals surface area contributed by atoms with Crippen molar-refractivity contribution in [2.45, 2.75) is 0 Å². The van der Waals surface area contributed by atoms with Crippen molar-refractivity contribution in [3.05, 3.63) is 20.8 Å². The molecule has 0 fully saturated rings. The van der Waals surface area contributed by atoms with E-state index in [1.807, 2.05) is 6.07 Å². The summed E-state index contributed by atoms with van der Waals surface area (Å²) in [5.74, 6) is 2.21. The fraction of sp³-hybridized carbons (Fsp3) is 0.125. The maximum atomic E-state index is 11.2. The number of nitrogens with one attached hydrogen (secondary N) is 1. The molecule has 12 heavy (non-hydrogen) atoms. The number of carbonyl (C=O) groups is 1. The minimum absolute atomic E-state index is 0.122. The highest BCUT2D eigenvalue weighted by Crippen LogP contribution is 2.21. The maximum Gasteiger partial charge on any atom is 0.262 e. The summed E-state index contributed by atoms with van der Waals surface area (Å²) >= 11 is 4.65. The smallest absolute Gasteiger partial charge is 0.262 e. The largest absolute Gasteiger partial charge is 0.340 e. The average molecular weight is 244 g/mol. The van der Waals surface area contributed by atoms with Crippen LogP contribution >= 0.6 is 27.3 Å². The Labute approximate surface area is 83.1 Å². The molecule has 1 heterocycles. The normalized spacial score (nSPS) is 9.00. The first kappa shape index (κ1) is 9.30. The first-order valence-electron chi connectivity index (χ1n) is 3.21. The zero-order valence-corrected chi connectivity index (χ0v) is 8.54. The van der Waals surface area contributed by atoms with Gasteiger partial charge in [-0.3, -0.25) is 4.79 Å². The lowest BCUT2D eigenvalue weighted by molar-refractivity contribution is 0.0963. The third-order valence-electron chi connectivity index (χ3n) is 1.15. The summed E-state index contributed by atoms with van der Waals surface area (Å²) in [7, 11) is 0. The lowest BCUT2D eigenvalue weighted by atomic mass is 10.4. The van der Waals surface area contributed by atoms with Crippen LogP contribution in [0.3, 0.4) is 0 Å². The predicted octanol–water partition coefficient (Wildman–Crippen LogP) is 1.87. The van der Waals surface area contributed by atoms with E-state index < -0.39 is 0 Å². The monoisotopic (exact) mass is 243 g/mol. The molecule has 0 saturated carbocycles. The molecular formula is C8H6BrNOS. The lowest BCUT2D eigenvalue weighted by Crippen LogP contribution is -2.22. The van der Waals surface area contributed by atoms with Gasteiger partial charge in [-0.05, 0) is 28.1 Å². The van der Waals surface area contributed by atoms with E-state index >= 15 is 0 Å². The Kier molecular flexibility index (Phi) is 3.32. The van der Waals surface area contributed by atoms with E-state index in [0.717, 1.165) is 3.79 Å². The van der Waals surface area contributed by atoms with E-state index in [1.54, 1.807) is 6.07 Å². The molecule has 0 radical (unpaired) electrons. The molecule has 4 heteroatoms. The van der Waals surface area contributed by atoms with Crippen LogP contribution in [0.25, 0.3) is 0 Å². The second kappa shape index (κ2) is 4.29. The van der Waals surface area contributed by atoms with E-state index in [1.165, 1.54) is 11.3 Å². The van der Waals surface area contributed by atoms with Gasteiger partial charge in [0.05, 0.1) is 15.2 Å². The van der Waals surface area contributed by atoms with Gasteiger partial charge in [0.1, 0.15) is 0 Å². The first-order chi connectivity index (χ1) is 5.74. The number of amides is 1. The highest BCUT2D eigenvalue weighted by Gasteiger charge is 2.05. The highest BCUT2D eigenvalue weighted by molar-refractivity contribution is 9.11. The Morgan fingerprint density at radius 3 is 3.00 bits per heavy atom. The highest BCUT2D eigenvalue weighted by atomic mass is 79.9. The molecule has 0 unspecified atom stereocenters. The Bertz CT molecular complexity index is 326. The SMILES string of the molecule is C#CCNC(=O)c1ccc(Br)s1. The van der Waals surface area contributed by atoms with E-state index in [0.29, 0.717) is 4.88 Å². The summed E-state index contributed by atoms with van der Waals surface area (Å²) in [5.41, 5.74) is 0. The summed E-state index contributed by atoms with van der Waals surface area (Å²) in [4.78, 5) is 11.9. The zero-order chi connectivity index (χ0) is 8.97. The molecule has 0 aliphatic rings. The third-order valence-corrected chi connectivity index (χ3v) is 2.77. The molecule has 0 bridgehead atoms. The molecule has 0 atom stereocenters. The van der Waals surface area contributed by atoms with Crippen molar-refractivity contribution in [2.75, 3.05) is 6.54 Å². The first-order valence-corrected chi connectivity index (χ1v) is 4.82. The molecule has 2 nitrogen and oxygen atoms in total. The number of carbonyl (C=O) groups excluding carboxylic acids is 1. The van der Waals surface area contributed by atoms with Gasteiger partial charge in [0.2, 0.25) is 0 Å². The third kappa shape index (κ3) is 2.36. The van der Waals surface area contributed by atoms with Crippen LogP contribution in [0.1, 0.15) is 9.67 Å². The van der Waals surface area contributed by atoms with Crippen molar-refractivity contribution in [3.63, 3.8) is 0 Å². The molecule has 0 aliphatic heterocycles. The number of thiophene rings is 1. The van der Waals surface area contributed by atoms with Crippen LogP contribution in [0.2, 0.25) is 0 Å². The van der Waals surface area contributed by atoms with Crippen molar-refractivity contribution in [3.8, 4) is 12.3 Å². The van der Waals surface area contributed by atoms with Gasteiger partial charge < -0.3 is 5.32 Å². The molecule has 0 aromatic carbocycles. The van der Waals surface area contributed by atoms with Crippen molar-refractivity contribution >= 4 is 33.2 Å². The number of rotatable bonds is 2. The quantitative estimate of drug-likeness (QED) is 0.790. The predicted molar refractivity (Wildman–Crippen MR) is 53.2 cm³/mol. The Balaban J connectivity index is 2.61. The van der Waals surface area contributed by atoms with Crippen LogP contribution in [-0.2, 0) is 0 Å². The minimum Gasteiger partial charge on any atom is -0.340 e. The standard InChI is InChI=1S/C8H6BrNOS/c1-2-5-10-8(11)6-3-4-7(9)12-6/h1,3-4H,5H2,(H,10,11). The Morgan fingerprint density at radius 1 is 1.75 bits per heavy atom. The van der Waals surface area contributed by atoms with E-state index in [-0.39, 0.29) is 12.5 Å². The summed E-state index contributed by atoms with van der Waals surface area (Å²) in [5, 5.41) is 2.58. The van der Waals surface area contributed by atoms with Gasteiger partial charge in [-0.15, -0.1) is 17.8 Å². The minimum atomic E-state index is -0.122. The van der Waals surface area contributed by atoms with E-state index in [2.05, 4.69) is 27.2 Å². The number of terminal acetylenes is 1. The molecular weight excluding hydrogens is 238 g/mol. The molecule has 1 amide bonds. The van der Waals surface area contributed by atoms with Gasteiger partial charge >= 0.3 is 0 Å². The molecule has 1 aromatic rings. The van der Waals surface area contributed by atoms with Gasteiger partial charge in [0.15, 0.2) is 0 Å². The van der Waals surface area contributed by atoms with Gasteiger partial charge in [-0.2, -0.15) is 0 Å². The molecule has 62 valence electrons. The van der Waals surface area contributed by atoms with Crippen LogP contribution in [0.5, 0.6) is 0 Å². The number of hydrogen-bond acceptors (Lipinski definition) is 2. The van der Waals surface area contributed by atoms with Crippen molar-refractivity contribution in [2.24, 2.45) is 0 Å². The lowest BCUT2D eigenvalue weighted by Gasteiger charge is -1.95. The molecule has 1 aromatic heterocycles. The number of halogens is 1. The maximum absolute atomic E-state index is 11.2. The summed E-state index contributed by atoms with van der Waals surface area (Å²) < 4.78 is 0.938. The van der Waals surface area contributed by atoms with Crippen molar-refractivity contribution in [1.29, 1.82) is 0 Å². The van der Waals surface area contributed by atoms with Gasteiger partial charge in [-0.25, -0.2) is 0 Å². The molecule has 0 saturated heterocycles. The second-order valence-electron chi connectivity index (χ2n) is 1.99. The molecule has 0 spiro atoms. The summed E-state index contributed by atoms with van der Waals surface area (Å²) in [6, 6.07) is 3.58. The summed E-state index contributed by atoms with van der Waals surface area (Å²) in [6.45, 7) is 0.272. The molecule has 0 aliphatic carbocycles. The van der Waals surface area contributed by atoms with Crippen LogP contribution in [0.4, 0.5) is 0 Å². The molecule has 1 rings (SSSR count). The summed E-state index contributed by atoms with van der Waals surface area (Å²) in [6.07, 6.45) is 4.99. The van der Waals surface area contributed by atoms with Crippen molar-refractivity contribution < 1.29 is 4.79 Å². The topological polar surface area (TPSA) is 29.1 Å². The van der Waals surface area contributed by atoms with Gasteiger partial charge in [0, 0.05) is 0 Å². The zero-order valence-electron chi connectivity index (χ0n) is 6.13. The van der Waals surface area contributed by atoms with Gasteiger partial charge in [0.25, 0.3) is 5.91 Å². The van der Waals surface area contributed by atoms with Crippen LogP contribution in [0, 0.1) is 12.3 Å². The fourth-order valence-corrected chi connectivity index (χ4v) is 1.96. The fourth-order valence-electron chi connectivity index (χ4n) is 0.655. The Hall–Kier alpha value is -0.790. The Morgan fingerprint density at radius 2 is 2.50 bits per heavy atom. The van der Waals surface area contributed by atoms with E-state index in [4.69, 9.17) is 6.42 Å². The molecule has 1 N–H and O–H groups in total. The number of hydrogen-bond donors (Lipinski definition) is 1. The van der Waals surface area contributed by atoms with Crippen LogP contribution in [0.15, 0.2) is 15.9 Å². The average Bonchev–Trinajstić information content (AvgIpc) is 2.47. The van der Waals surface area contributed by atoms with Crippen LogP contribution < -0.4 is 5.32 Å². The van der Waals surface area contributed by atoms with E-state index in [9.17, 15) is 4.79 Å².